The van der Waals surface area contributed by atoms with E-state index >= 15 is 4.39 Å². The molecule has 0 saturated heterocycles. The second kappa shape index (κ2) is 12.5. The minimum absolute atomic E-state index is 0.0325. The molecule has 1 heterocycles. The van der Waals surface area contributed by atoms with Gasteiger partial charge in [-0.05, 0) is 56.4 Å². The summed E-state index contributed by atoms with van der Waals surface area (Å²) in [5.41, 5.74) is 3.65. The first-order valence-corrected chi connectivity index (χ1v) is 12.9. The Kier molecular flexibility index (Phi) is 9.13. The molecule has 2 N–H and O–H groups in total. The summed E-state index contributed by atoms with van der Waals surface area (Å²) in [6.45, 7) is 0.946. The zero-order chi connectivity index (χ0) is 25.5. The number of aromatic nitrogens is 2. The molecule has 0 atom stereocenters. The van der Waals surface area contributed by atoms with Gasteiger partial charge in [-0.3, -0.25) is 4.68 Å². The number of ether oxygens (including phenoxy) is 1. The molecule has 0 aliphatic heterocycles. The number of carboxylic acids is 1. The summed E-state index contributed by atoms with van der Waals surface area (Å²) in [5.74, 6) is -0.654. The molecular formula is C28H32ClFN2O4. The van der Waals surface area contributed by atoms with E-state index in [2.05, 4.69) is 0 Å². The number of carboxylic acid groups (broad SMARTS) is 1. The molecule has 0 bridgehead atoms. The van der Waals surface area contributed by atoms with Crippen LogP contribution in [0.4, 0.5) is 4.39 Å². The number of carbonyl (C=O) groups is 1. The van der Waals surface area contributed by atoms with Crippen molar-refractivity contribution in [1.82, 2.24) is 9.78 Å². The van der Waals surface area contributed by atoms with Crippen molar-refractivity contribution in [1.29, 1.82) is 0 Å². The van der Waals surface area contributed by atoms with E-state index in [0.29, 0.717) is 49.1 Å². The van der Waals surface area contributed by atoms with E-state index in [9.17, 15) is 9.90 Å². The third-order valence-electron chi connectivity index (χ3n) is 6.87. The molecule has 0 radical (unpaired) electrons. The van der Waals surface area contributed by atoms with E-state index in [-0.39, 0.29) is 18.2 Å². The fourth-order valence-electron chi connectivity index (χ4n) is 5.06. The zero-order valence-corrected chi connectivity index (χ0v) is 21.0. The van der Waals surface area contributed by atoms with Crippen LogP contribution in [-0.2, 0) is 22.5 Å². The van der Waals surface area contributed by atoms with Crippen LogP contribution in [-0.4, -0.2) is 45.8 Å². The highest BCUT2D eigenvalue weighted by Gasteiger charge is 2.27. The smallest absolute Gasteiger partial charge is 0.329 e. The third kappa shape index (κ3) is 6.33. The number of rotatable bonds is 11. The summed E-state index contributed by atoms with van der Waals surface area (Å²) in [6, 6.07) is 14.8. The van der Waals surface area contributed by atoms with Gasteiger partial charge in [-0.1, -0.05) is 54.1 Å². The van der Waals surface area contributed by atoms with Crippen LogP contribution in [0.2, 0.25) is 5.02 Å². The van der Waals surface area contributed by atoms with Gasteiger partial charge in [-0.25, -0.2) is 9.18 Å². The molecular weight excluding hydrogens is 483 g/mol. The maximum Gasteiger partial charge on any atom is 0.329 e. The predicted octanol–water partition coefficient (Wildman–Crippen LogP) is 5.84. The summed E-state index contributed by atoms with van der Waals surface area (Å²) in [5, 5.41) is 23.4. The molecule has 1 aliphatic rings. The van der Waals surface area contributed by atoms with Gasteiger partial charge in [-0.2, -0.15) is 5.10 Å². The first-order valence-electron chi connectivity index (χ1n) is 12.5. The van der Waals surface area contributed by atoms with Gasteiger partial charge < -0.3 is 14.9 Å². The summed E-state index contributed by atoms with van der Waals surface area (Å²) in [4.78, 5) is 10.7. The maximum absolute atomic E-state index is 15.3. The second-order valence-electron chi connectivity index (χ2n) is 9.44. The Morgan fingerprint density at radius 3 is 2.50 bits per heavy atom. The fourth-order valence-corrected chi connectivity index (χ4v) is 5.24. The van der Waals surface area contributed by atoms with Crippen molar-refractivity contribution >= 4 is 17.6 Å². The van der Waals surface area contributed by atoms with Crippen molar-refractivity contribution < 1.29 is 24.1 Å². The summed E-state index contributed by atoms with van der Waals surface area (Å²) >= 11 is 6.16. The van der Waals surface area contributed by atoms with Gasteiger partial charge in [0.25, 0.3) is 0 Å². The first-order chi connectivity index (χ1) is 17.5. The molecule has 2 aromatic carbocycles. The van der Waals surface area contributed by atoms with Gasteiger partial charge in [0.2, 0.25) is 0 Å². The fraction of sp³-hybridized carbons (Fsp3) is 0.429. The van der Waals surface area contributed by atoms with E-state index < -0.39 is 11.8 Å². The summed E-state index contributed by atoms with van der Waals surface area (Å²) < 4.78 is 22.6. The Morgan fingerprint density at radius 1 is 1.08 bits per heavy atom. The zero-order valence-electron chi connectivity index (χ0n) is 20.2. The molecule has 4 rings (SSSR count). The molecule has 8 heteroatoms. The maximum atomic E-state index is 15.3. The number of hydrogen-bond acceptors (Lipinski definition) is 4. The van der Waals surface area contributed by atoms with Gasteiger partial charge in [0.05, 0.1) is 11.6 Å². The third-order valence-corrected chi connectivity index (χ3v) is 7.17. The highest BCUT2D eigenvalue weighted by atomic mass is 35.5. The normalized spacial score (nSPS) is 17.9. The van der Waals surface area contributed by atoms with Crippen molar-refractivity contribution in [3.63, 3.8) is 0 Å². The summed E-state index contributed by atoms with van der Waals surface area (Å²) in [7, 11) is 0. The van der Waals surface area contributed by atoms with Crippen LogP contribution in [0.5, 0.6) is 0 Å². The standard InChI is InChI=1S/C28H32ClFN2O4/c29-23-9-4-8-22(27(23)30)26-24(10-5-15-33)32(31-28(26)21-6-2-1-3-7-21)16-19-11-13-20(14-12-19)17-36-18-25(34)35/h1-4,6-9,19-20,33H,5,10-18H2,(H,34,35). The number of aliphatic hydroxyl groups is 1. The van der Waals surface area contributed by atoms with E-state index in [1.54, 1.807) is 18.2 Å². The molecule has 36 heavy (non-hydrogen) atoms. The Labute approximate surface area is 215 Å². The van der Waals surface area contributed by atoms with Gasteiger partial charge in [0.15, 0.2) is 0 Å². The average Bonchev–Trinajstić information content (AvgIpc) is 3.23. The van der Waals surface area contributed by atoms with E-state index in [1.165, 1.54) is 0 Å². The summed E-state index contributed by atoms with van der Waals surface area (Å²) in [6.07, 6.45) is 5.03. The van der Waals surface area contributed by atoms with Crippen LogP contribution in [0.3, 0.4) is 0 Å². The van der Waals surface area contributed by atoms with Crippen molar-refractivity contribution in [3.8, 4) is 22.4 Å². The molecule has 3 aromatic rings. The number of hydrogen-bond donors (Lipinski definition) is 2. The largest absolute Gasteiger partial charge is 0.480 e. The molecule has 192 valence electrons. The number of aliphatic carboxylic acids is 1. The Bertz CT molecular complexity index is 1160. The van der Waals surface area contributed by atoms with Crippen molar-refractivity contribution in [2.75, 3.05) is 19.8 Å². The minimum Gasteiger partial charge on any atom is -0.480 e. The highest BCUT2D eigenvalue weighted by Crippen LogP contribution is 2.39. The molecule has 1 fully saturated rings. The number of halogens is 2. The average molecular weight is 515 g/mol. The monoisotopic (exact) mass is 514 g/mol. The molecule has 0 spiro atoms. The SMILES string of the molecule is O=C(O)COCC1CCC(Cn2nc(-c3ccccc3)c(-c3cccc(Cl)c3F)c2CCCO)CC1. The lowest BCUT2D eigenvalue weighted by atomic mass is 9.82. The van der Waals surface area contributed by atoms with Crippen LogP contribution < -0.4 is 0 Å². The van der Waals surface area contributed by atoms with Gasteiger partial charge in [0, 0.05) is 35.5 Å². The quantitative estimate of drug-likeness (QED) is 0.335. The number of nitrogens with zero attached hydrogens (tertiary/aromatic N) is 2. The number of benzene rings is 2. The van der Waals surface area contributed by atoms with Crippen LogP contribution in [0.1, 0.15) is 37.8 Å². The molecule has 0 unspecified atom stereocenters. The molecule has 6 nitrogen and oxygen atoms in total. The van der Waals surface area contributed by atoms with Crippen molar-refractivity contribution in [3.05, 3.63) is 65.1 Å². The van der Waals surface area contributed by atoms with E-state index in [1.807, 2.05) is 35.0 Å². The Balaban J connectivity index is 1.64. The molecule has 1 aliphatic carbocycles. The second-order valence-corrected chi connectivity index (χ2v) is 9.85. The van der Waals surface area contributed by atoms with Crippen molar-refractivity contribution in [2.45, 2.75) is 45.1 Å². The topological polar surface area (TPSA) is 84.6 Å². The van der Waals surface area contributed by atoms with Gasteiger partial charge in [-0.15, -0.1) is 0 Å². The molecule has 1 aromatic heterocycles. The van der Waals surface area contributed by atoms with Gasteiger partial charge in [0.1, 0.15) is 18.1 Å². The lowest BCUT2D eigenvalue weighted by Crippen LogP contribution is -2.24. The minimum atomic E-state index is -0.945. The highest BCUT2D eigenvalue weighted by molar-refractivity contribution is 6.31. The molecule has 0 amide bonds. The van der Waals surface area contributed by atoms with E-state index in [0.717, 1.165) is 42.5 Å². The van der Waals surface area contributed by atoms with Gasteiger partial charge >= 0.3 is 5.97 Å². The Hall–Kier alpha value is -2.74. The first kappa shape index (κ1) is 26.3. The van der Waals surface area contributed by atoms with Crippen LogP contribution in [0.15, 0.2) is 48.5 Å². The Morgan fingerprint density at radius 2 is 1.81 bits per heavy atom. The molecule has 1 saturated carbocycles. The predicted molar refractivity (Wildman–Crippen MR) is 137 cm³/mol. The number of aliphatic hydroxyl groups excluding tert-OH is 1. The van der Waals surface area contributed by atoms with E-state index in [4.69, 9.17) is 26.5 Å². The van der Waals surface area contributed by atoms with Crippen molar-refractivity contribution in [2.24, 2.45) is 11.8 Å². The van der Waals surface area contributed by atoms with Crippen LogP contribution in [0.25, 0.3) is 22.4 Å². The lowest BCUT2D eigenvalue weighted by molar-refractivity contribution is -0.142. The van der Waals surface area contributed by atoms with Crippen LogP contribution in [0, 0.1) is 17.7 Å². The lowest BCUT2D eigenvalue weighted by Gasteiger charge is -2.28. The van der Waals surface area contributed by atoms with Crippen LogP contribution >= 0.6 is 11.6 Å².